The quantitative estimate of drug-likeness (QED) is 0.592. The molecule has 0 atom stereocenters. The molecule has 5 nitrogen and oxygen atoms in total. The minimum absolute atomic E-state index is 0.000109. The zero-order chi connectivity index (χ0) is 13.4. The number of hydrogen-bond acceptors (Lipinski definition) is 5. The number of nitriles is 2. The van der Waals surface area contributed by atoms with E-state index in [1.165, 1.54) is 13.2 Å². The summed E-state index contributed by atoms with van der Waals surface area (Å²) in [4.78, 5) is 10.9. The molecular formula is C13H10N2O3. The van der Waals surface area contributed by atoms with Gasteiger partial charge in [-0.25, -0.2) is 4.79 Å². The molecule has 0 radical (unpaired) electrons. The largest absolute Gasteiger partial charge is 0.482 e. The Bertz CT molecular complexity index is 534. The minimum atomic E-state index is -0.481. The Morgan fingerprint density at radius 2 is 2.11 bits per heavy atom. The van der Waals surface area contributed by atoms with Crippen molar-refractivity contribution >= 4 is 12.0 Å². The maximum absolute atomic E-state index is 10.9. The van der Waals surface area contributed by atoms with Crippen LogP contribution in [0.1, 0.15) is 5.56 Å². The van der Waals surface area contributed by atoms with Gasteiger partial charge in [0, 0.05) is 0 Å². The summed E-state index contributed by atoms with van der Waals surface area (Å²) in [6, 6.07) is 10.2. The van der Waals surface area contributed by atoms with Crippen molar-refractivity contribution in [3.05, 3.63) is 35.4 Å². The van der Waals surface area contributed by atoms with Crippen molar-refractivity contribution in [2.75, 3.05) is 13.7 Å². The van der Waals surface area contributed by atoms with E-state index in [1.54, 1.807) is 36.4 Å². The first kappa shape index (κ1) is 13.3. The van der Waals surface area contributed by atoms with Crippen LogP contribution < -0.4 is 4.74 Å². The summed E-state index contributed by atoms with van der Waals surface area (Å²) in [6.07, 6.45) is 1.44. The van der Waals surface area contributed by atoms with Crippen LogP contribution in [0.15, 0.2) is 29.8 Å². The molecule has 0 saturated heterocycles. The molecule has 0 unspecified atom stereocenters. The highest BCUT2D eigenvalue weighted by Crippen LogP contribution is 2.15. The topological polar surface area (TPSA) is 83.1 Å². The van der Waals surface area contributed by atoms with Gasteiger partial charge in [-0.1, -0.05) is 12.1 Å². The van der Waals surface area contributed by atoms with Gasteiger partial charge in [-0.05, 0) is 23.8 Å². The summed E-state index contributed by atoms with van der Waals surface area (Å²) < 4.78 is 9.62. The van der Waals surface area contributed by atoms with E-state index in [0.717, 1.165) is 0 Å². The van der Waals surface area contributed by atoms with Gasteiger partial charge >= 0.3 is 5.97 Å². The third kappa shape index (κ3) is 3.99. The number of esters is 1. The molecule has 0 N–H and O–H groups in total. The van der Waals surface area contributed by atoms with E-state index < -0.39 is 5.97 Å². The molecule has 0 spiro atoms. The summed E-state index contributed by atoms with van der Waals surface area (Å²) in [6.45, 7) is -0.187. The molecular weight excluding hydrogens is 232 g/mol. The van der Waals surface area contributed by atoms with Crippen LogP contribution in [0.3, 0.4) is 0 Å². The van der Waals surface area contributed by atoms with Crippen LogP contribution >= 0.6 is 0 Å². The van der Waals surface area contributed by atoms with Gasteiger partial charge in [0.2, 0.25) is 0 Å². The monoisotopic (exact) mass is 242 g/mol. The van der Waals surface area contributed by atoms with E-state index in [9.17, 15) is 4.79 Å². The van der Waals surface area contributed by atoms with Gasteiger partial charge in [0.15, 0.2) is 6.61 Å². The van der Waals surface area contributed by atoms with Gasteiger partial charge in [0.1, 0.15) is 23.5 Å². The predicted octanol–water partition coefficient (Wildman–Crippen LogP) is 1.67. The average Bonchev–Trinajstić information content (AvgIpc) is 2.42. The van der Waals surface area contributed by atoms with Crippen LogP contribution in [-0.4, -0.2) is 19.7 Å². The lowest BCUT2D eigenvalue weighted by molar-refractivity contribution is -0.142. The molecule has 1 aromatic rings. The van der Waals surface area contributed by atoms with E-state index in [-0.39, 0.29) is 12.2 Å². The number of benzene rings is 1. The number of hydrogen-bond donors (Lipinski definition) is 0. The first-order valence-electron chi connectivity index (χ1n) is 5.01. The van der Waals surface area contributed by atoms with E-state index in [0.29, 0.717) is 11.3 Å². The molecule has 5 heteroatoms. The summed E-state index contributed by atoms with van der Waals surface area (Å²) in [5.41, 5.74) is 0.649. The zero-order valence-corrected chi connectivity index (χ0v) is 9.71. The number of carbonyl (C=O) groups is 1. The minimum Gasteiger partial charge on any atom is -0.482 e. The first-order chi connectivity index (χ1) is 8.69. The summed E-state index contributed by atoms with van der Waals surface area (Å²) >= 11 is 0. The maximum atomic E-state index is 10.9. The van der Waals surface area contributed by atoms with Crippen LogP contribution in [0.2, 0.25) is 0 Å². The van der Waals surface area contributed by atoms with E-state index in [2.05, 4.69) is 4.74 Å². The standard InChI is InChI=1S/C13H10N2O3/c1-17-13(16)9-18-12-4-2-3-10(6-12)5-11(7-14)8-15/h2-6H,9H2,1H3. The Balaban J connectivity index is 2.81. The van der Waals surface area contributed by atoms with Crippen molar-refractivity contribution < 1.29 is 14.3 Å². The number of allylic oxidation sites excluding steroid dienone is 1. The molecule has 1 rings (SSSR count). The highest BCUT2D eigenvalue weighted by molar-refractivity contribution is 5.71. The molecule has 0 aliphatic carbocycles. The number of ether oxygens (including phenoxy) is 2. The molecule has 0 bridgehead atoms. The maximum Gasteiger partial charge on any atom is 0.343 e. The van der Waals surface area contributed by atoms with Crippen LogP contribution in [0, 0.1) is 22.7 Å². The van der Waals surface area contributed by atoms with Crippen LogP contribution in [-0.2, 0) is 9.53 Å². The second kappa shape index (κ2) is 6.72. The van der Waals surface area contributed by atoms with Crippen molar-refractivity contribution in [1.29, 1.82) is 10.5 Å². The lowest BCUT2D eigenvalue weighted by atomic mass is 10.1. The average molecular weight is 242 g/mol. The number of methoxy groups -OCH3 is 1. The lowest BCUT2D eigenvalue weighted by Crippen LogP contribution is -2.12. The molecule has 0 amide bonds. The third-order valence-corrected chi connectivity index (χ3v) is 1.99. The number of carbonyl (C=O) groups excluding carboxylic acids is 1. The van der Waals surface area contributed by atoms with Crippen molar-refractivity contribution in [2.45, 2.75) is 0 Å². The Labute approximate surface area is 104 Å². The van der Waals surface area contributed by atoms with E-state index in [1.807, 2.05) is 0 Å². The lowest BCUT2D eigenvalue weighted by Gasteiger charge is -2.05. The first-order valence-corrected chi connectivity index (χ1v) is 5.01. The van der Waals surface area contributed by atoms with Gasteiger partial charge in [0.05, 0.1) is 7.11 Å². The Morgan fingerprint density at radius 1 is 1.39 bits per heavy atom. The van der Waals surface area contributed by atoms with Crippen molar-refractivity contribution in [2.24, 2.45) is 0 Å². The van der Waals surface area contributed by atoms with E-state index in [4.69, 9.17) is 15.3 Å². The van der Waals surface area contributed by atoms with E-state index >= 15 is 0 Å². The predicted molar refractivity (Wildman–Crippen MR) is 63.2 cm³/mol. The molecule has 0 aromatic heterocycles. The molecule has 0 heterocycles. The second-order valence-corrected chi connectivity index (χ2v) is 3.22. The summed E-state index contributed by atoms with van der Waals surface area (Å²) in [5, 5.41) is 17.3. The fourth-order valence-electron chi connectivity index (χ4n) is 1.15. The van der Waals surface area contributed by atoms with Crippen LogP contribution in [0.25, 0.3) is 6.08 Å². The molecule has 0 aliphatic rings. The zero-order valence-electron chi connectivity index (χ0n) is 9.71. The molecule has 0 saturated carbocycles. The van der Waals surface area contributed by atoms with Crippen LogP contribution in [0.5, 0.6) is 5.75 Å². The van der Waals surface area contributed by atoms with Gasteiger partial charge in [-0.15, -0.1) is 0 Å². The number of rotatable bonds is 4. The fourth-order valence-corrected chi connectivity index (χ4v) is 1.15. The Morgan fingerprint density at radius 3 is 2.72 bits per heavy atom. The third-order valence-electron chi connectivity index (χ3n) is 1.99. The van der Waals surface area contributed by atoms with Gasteiger partial charge in [-0.2, -0.15) is 10.5 Å². The van der Waals surface area contributed by atoms with Gasteiger partial charge in [-0.3, -0.25) is 0 Å². The van der Waals surface area contributed by atoms with Crippen molar-refractivity contribution in [1.82, 2.24) is 0 Å². The molecule has 18 heavy (non-hydrogen) atoms. The Kier molecular flexibility index (Phi) is 4.96. The normalized spacial score (nSPS) is 8.61. The number of nitrogens with zero attached hydrogens (tertiary/aromatic N) is 2. The highest BCUT2D eigenvalue weighted by Gasteiger charge is 2.02. The van der Waals surface area contributed by atoms with Crippen molar-refractivity contribution in [3.8, 4) is 17.9 Å². The molecule has 90 valence electrons. The SMILES string of the molecule is COC(=O)COc1cccc(C=C(C#N)C#N)c1. The smallest absolute Gasteiger partial charge is 0.343 e. The van der Waals surface area contributed by atoms with Crippen LogP contribution in [0.4, 0.5) is 0 Å². The summed E-state index contributed by atoms with van der Waals surface area (Å²) in [7, 11) is 1.27. The molecule has 0 aliphatic heterocycles. The highest BCUT2D eigenvalue weighted by atomic mass is 16.6. The van der Waals surface area contributed by atoms with Gasteiger partial charge < -0.3 is 9.47 Å². The second-order valence-electron chi connectivity index (χ2n) is 3.22. The Hall–Kier alpha value is -2.79. The fraction of sp³-hybridized carbons (Fsp3) is 0.154. The molecule has 0 fully saturated rings. The van der Waals surface area contributed by atoms with Crippen molar-refractivity contribution in [3.63, 3.8) is 0 Å². The summed E-state index contributed by atoms with van der Waals surface area (Å²) in [5.74, 6) is -0.0185. The van der Waals surface area contributed by atoms with Gasteiger partial charge in [0.25, 0.3) is 0 Å². The molecule has 1 aromatic carbocycles.